The molecule has 1 heterocycles. The van der Waals surface area contributed by atoms with Crippen molar-refractivity contribution in [1.82, 2.24) is 10.2 Å². The van der Waals surface area contributed by atoms with Gasteiger partial charge in [-0.1, -0.05) is 24.6 Å². The predicted molar refractivity (Wildman–Crippen MR) is 68.4 cm³/mol. The van der Waals surface area contributed by atoms with E-state index in [0.29, 0.717) is 6.54 Å². The Kier molecular flexibility index (Phi) is 4.95. The molecule has 1 aliphatic rings. The second-order valence-electron chi connectivity index (χ2n) is 4.67. The van der Waals surface area contributed by atoms with E-state index in [0.717, 1.165) is 18.7 Å². The van der Waals surface area contributed by atoms with Crippen LogP contribution in [0.4, 0.5) is 4.39 Å². The van der Waals surface area contributed by atoms with Gasteiger partial charge in [0.2, 0.25) is 0 Å². The van der Waals surface area contributed by atoms with Gasteiger partial charge in [0, 0.05) is 25.2 Å². The maximum Gasteiger partial charge on any atom is 0.127 e. The Morgan fingerprint density at radius 2 is 1.88 bits per heavy atom. The first-order chi connectivity index (χ1) is 8.36. The minimum Gasteiger partial charge on any atom is -0.311 e. The lowest BCUT2D eigenvalue weighted by Crippen LogP contribution is -2.35. The van der Waals surface area contributed by atoms with Crippen molar-refractivity contribution in [2.75, 3.05) is 26.2 Å². The fourth-order valence-corrected chi connectivity index (χ4v) is 2.28. The number of hydrogen-bond acceptors (Lipinski definition) is 2. The fraction of sp³-hybridized carbons (Fsp3) is 0.571. The maximum absolute atomic E-state index is 13.3. The van der Waals surface area contributed by atoms with E-state index in [1.54, 1.807) is 6.07 Å². The van der Waals surface area contributed by atoms with Gasteiger partial charge in [-0.05, 0) is 32.0 Å². The molecule has 2 nitrogen and oxygen atoms in total. The van der Waals surface area contributed by atoms with E-state index in [1.807, 2.05) is 12.1 Å². The van der Waals surface area contributed by atoms with E-state index in [2.05, 4.69) is 10.2 Å². The van der Waals surface area contributed by atoms with E-state index in [9.17, 15) is 4.39 Å². The molecule has 1 aromatic carbocycles. The lowest BCUT2D eigenvalue weighted by molar-refractivity contribution is 0.229. The van der Waals surface area contributed by atoms with Gasteiger partial charge in [0.1, 0.15) is 5.82 Å². The molecular weight excluding hydrogens is 215 g/mol. The highest BCUT2D eigenvalue weighted by atomic mass is 19.1. The zero-order valence-corrected chi connectivity index (χ0v) is 10.3. The smallest absolute Gasteiger partial charge is 0.127 e. The average Bonchev–Trinajstić information content (AvgIpc) is 2.38. The van der Waals surface area contributed by atoms with Crippen molar-refractivity contribution in [2.24, 2.45) is 0 Å². The monoisotopic (exact) mass is 236 g/mol. The van der Waals surface area contributed by atoms with Crippen LogP contribution in [0, 0.1) is 5.82 Å². The largest absolute Gasteiger partial charge is 0.311 e. The Bertz CT molecular complexity index is 335. The molecule has 0 spiro atoms. The number of likely N-dealkylation sites (tertiary alicyclic amines) is 1. The summed E-state index contributed by atoms with van der Waals surface area (Å²) in [7, 11) is 0. The number of rotatable bonds is 5. The highest BCUT2D eigenvalue weighted by Crippen LogP contribution is 2.08. The molecule has 17 heavy (non-hydrogen) atoms. The SMILES string of the molecule is Fc1ccccc1CNCCN1CCCCC1. The van der Waals surface area contributed by atoms with Crippen molar-refractivity contribution in [2.45, 2.75) is 25.8 Å². The normalized spacial score (nSPS) is 17.2. The molecule has 0 amide bonds. The van der Waals surface area contributed by atoms with Gasteiger partial charge in [-0.2, -0.15) is 0 Å². The molecule has 0 aliphatic carbocycles. The van der Waals surface area contributed by atoms with Crippen LogP contribution in [0.1, 0.15) is 24.8 Å². The molecule has 0 atom stereocenters. The van der Waals surface area contributed by atoms with Crippen LogP contribution in [0.2, 0.25) is 0 Å². The Labute approximate surface area is 103 Å². The van der Waals surface area contributed by atoms with Crippen LogP contribution in [0.25, 0.3) is 0 Å². The van der Waals surface area contributed by atoms with E-state index >= 15 is 0 Å². The standard InChI is InChI=1S/C14H21FN2/c15-14-7-3-2-6-13(14)12-16-8-11-17-9-4-1-5-10-17/h2-3,6-7,16H,1,4-5,8-12H2. The third-order valence-electron chi connectivity index (χ3n) is 3.33. The molecule has 1 N–H and O–H groups in total. The number of halogens is 1. The van der Waals surface area contributed by atoms with E-state index in [4.69, 9.17) is 0 Å². The van der Waals surface area contributed by atoms with Crippen LogP contribution in [0.3, 0.4) is 0 Å². The number of nitrogens with zero attached hydrogens (tertiary/aromatic N) is 1. The van der Waals surface area contributed by atoms with Crippen molar-refractivity contribution in [3.05, 3.63) is 35.6 Å². The molecule has 2 rings (SSSR count). The van der Waals surface area contributed by atoms with Crippen molar-refractivity contribution in [3.8, 4) is 0 Å². The molecule has 1 fully saturated rings. The van der Waals surface area contributed by atoms with Gasteiger partial charge in [0.25, 0.3) is 0 Å². The first-order valence-electron chi connectivity index (χ1n) is 6.53. The third-order valence-corrected chi connectivity index (χ3v) is 3.33. The van der Waals surface area contributed by atoms with Gasteiger partial charge in [-0.25, -0.2) is 4.39 Å². The molecule has 0 saturated carbocycles. The van der Waals surface area contributed by atoms with Crippen LogP contribution >= 0.6 is 0 Å². The number of benzene rings is 1. The fourth-order valence-electron chi connectivity index (χ4n) is 2.28. The van der Waals surface area contributed by atoms with Crippen LogP contribution in [0.15, 0.2) is 24.3 Å². The van der Waals surface area contributed by atoms with E-state index < -0.39 is 0 Å². The molecule has 94 valence electrons. The Morgan fingerprint density at radius 1 is 1.12 bits per heavy atom. The molecule has 3 heteroatoms. The Hall–Kier alpha value is -0.930. The summed E-state index contributed by atoms with van der Waals surface area (Å²) in [6.07, 6.45) is 4.03. The molecule has 0 unspecified atom stereocenters. The summed E-state index contributed by atoms with van der Waals surface area (Å²) >= 11 is 0. The number of hydrogen-bond donors (Lipinski definition) is 1. The van der Waals surface area contributed by atoms with Crippen LogP contribution in [0.5, 0.6) is 0 Å². The summed E-state index contributed by atoms with van der Waals surface area (Å²) in [5.74, 6) is -0.113. The van der Waals surface area contributed by atoms with Gasteiger partial charge < -0.3 is 10.2 Å². The van der Waals surface area contributed by atoms with Gasteiger partial charge in [-0.3, -0.25) is 0 Å². The molecule has 0 aromatic heterocycles. The van der Waals surface area contributed by atoms with Crippen molar-refractivity contribution < 1.29 is 4.39 Å². The quantitative estimate of drug-likeness (QED) is 0.790. The second-order valence-corrected chi connectivity index (χ2v) is 4.67. The Morgan fingerprint density at radius 3 is 2.65 bits per heavy atom. The lowest BCUT2D eigenvalue weighted by atomic mass is 10.1. The zero-order valence-electron chi connectivity index (χ0n) is 10.3. The summed E-state index contributed by atoms with van der Waals surface area (Å²) in [5, 5.41) is 3.31. The number of piperidine rings is 1. The summed E-state index contributed by atoms with van der Waals surface area (Å²) in [6, 6.07) is 6.96. The summed E-state index contributed by atoms with van der Waals surface area (Å²) in [5.41, 5.74) is 0.756. The third kappa shape index (κ3) is 4.10. The van der Waals surface area contributed by atoms with E-state index in [-0.39, 0.29) is 5.82 Å². The van der Waals surface area contributed by atoms with Crippen LogP contribution in [-0.4, -0.2) is 31.1 Å². The molecule has 1 saturated heterocycles. The van der Waals surface area contributed by atoms with Crippen LogP contribution < -0.4 is 5.32 Å². The first kappa shape index (κ1) is 12.5. The number of nitrogens with one attached hydrogen (secondary N) is 1. The van der Waals surface area contributed by atoms with E-state index in [1.165, 1.54) is 38.4 Å². The van der Waals surface area contributed by atoms with Gasteiger partial charge in [-0.15, -0.1) is 0 Å². The summed E-state index contributed by atoms with van der Waals surface area (Å²) < 4.78 is 13.3. The van der Waals surface area contributed by atoms with Gasteiger partial charge >= 0.3 is 0 Å². The first-order valence-corrected chi connectivity index (χ1v) is 6.53. The lowest BCUT2D eigenvalue weighted by Gasteiger charge is -2.26. The zero-order chi connectivity index (χ0) is 11.9. The molecule has 1 aromatic rings. The highest BCUT2D eigenvalue weighted by molar-refractivity contribution is 5.16. The van der Waals surface area contributed by atoms with Gasteiger partial charge in [0.15, 0.2) is 0 Å². The minimum absolute atomic E-state index is 0.113. The van der Waals surface area contributed by atoms with Crippen LogP contribution in [-0.2, 0) is 6.54 Å². The summed E-state index contributed by atoms with van der Waals surface area (Å²) in [6.45, 7) is 5.09. The molecule has 0 radical (unpaired) electrons. The average molecular weight is 236 g/mol. The predicted octanol–water partition coefficient (Wildman–Crippen LogP) is 2.40. The van der Waals surface area contributed by atoms with Crippen molar-refractivity contribution >= 4 is 0 Å². The van der Waals surface area contributed by atoms with Crippen molar-refractivity contribution in [1.29, 1.82) is 0 Å². The highest BCUT2D eigenvalue weighted by Gasteiger charge is 2.08. The maximum atomic E-state index is 13.3. The van der Waals surface area contributed by atoms with Gasteiger partial charge in [0.05, 0.1) is 0 Å². The summed E-state index contributed by atoms with van der Waals surface area (Å²) in [4.78, 5) is 2.48. The minimum atomic E-state index is -0.113. The Balaban J connectivity index is 1.64. The molecule has 1 aliphatic heterocycles. The van der Waals surface area contributed by atoms with Crippen molar-refractivity contribution in [3.63, 3.8) is 0 Å². The second kappa shape index (κ2) is 6.72. The molecule has 0 bridgehead atoms. The molecular formula is C14H21FN2. The topological polar surface area (TPSA) is 15.3 Å².